The number of oxazole rings is 1. The molecule has 1 amide bonds. The van der Waals surface area contributed by atoms with Crippen molar-refractivity contribution in [3.8, 4) is 11.5 Å². The van der Waals surface area contributed by atoms with Crippen LogP contribution in [0.15, 0.2) is 76.0 Å². The van der Waals surface area contributed by atoms with Gasteiger partial charge >= 0.3 is 0 Å². The third kappa shape index (κ3) is 5.06. The lowest BCUT2D eigenvalue weighted by Gasteiger charge is -2.09. The van der Waals surface area contributed by atoms with Crippen LogP contribution in [-0.4, -0.2) is 10.9 Å². The predicted octanol–water partition coefficient (Wildman–Crippen LogP) is 7.46. The zero-order valence-electron chi connectivity index (χ0n) is 18.1. The van der Waals surface area contributed by atoms with E-state index in [1.165, 1.54) is 10.5 Å². The Kier molecular flexibility index (Phi) is 6.68. The second-order valence-corrected chi connectivity index (χ2v) is 9.02. The Morgan fingerprint density at radius 2 is 1.72 bits per heavy atom. The number of benzene rings is 3. The van der Waals surface area contributed by atoms with E-state index in [9.17, 15) is 4.79 Å². The Morgan fingerprint density at radius 1 is 1.00 bits per heavy atom. The number of nitrogens with one attached hydrogen (secondary N) is 1. The lowest BCUT2D eigenvalue weighted by Crippen LogP contribution is -2.12. The molecule has 3 aromatic carbocycles. The molecule has 32 heavy (non-hydrogen) atoms. The van der Waals surface area contributed by atoms with Gasteiger partial charge < -0.3 is 9.73 Å². The fraction of sp³-hybridized carbons (Fsp3) is 0.154. The fourth-order valence-electron chi connectivity index (χ4n) is 3.17. The van der Waals surface area contributed by atoms with E-state index in [1.807, 2.05) is 38.1 Å². The Labute approximate surface area is 197 Å². The maximum Gasteiger partial charge on any atom is 0.255 e. The van der Waals surface area contributed by atoms with Crippen molar-refractivity contribution >= 4 is 35.0 Å². The topological polar surface area (TPSA) is 55.1 Å². The van der Waals surface area contributed by atoms with Crippen molar-refractivity contribution in [1.29, 1.82) is 0 Å². The molecular formula is C26H23ClN2O2S. The van der Waals surface area contributed by atoms with Gasteiger partial charge in [-0.15, -0.1) is 11.8 Å². The van der Waals surface area contributed by atoms with E-state index in [1.54, 1.807) is 30.0 Å². The number of amides is 1. The van der Waals surface area contributed by atoms with Crippen LogP contribution in [0, 0.1) is 20.8 Å². The highest BCUT2D eigenvalue weighted by Gasteiger charge is 2.14. The van der Waals surface area contributed by atoms with Crippen molar-refractivity contribution in [2.45, 2.75) is 31.4 Å². The normalized spacial score (nSPS) is 10.9. The molecule has 0 radical (unpaired) electrons. The minimum Gasteiger partial charge on any atom is -0.441 e. The first-order valence-corrected chi connectivity index (χ1v) is 11.6. The molecule has 162 valence electrons. The quantitative estimate of drug-likeness (QED) is 0.302. The summed E-state index contributed by atoms with van der Waals surface area (Å²) in [6.45, 7) is 5.88. The van der Waals surface area contributed by atoms with E-state index in [-0.39, 0.29) is 5.91 Å². The van der Waals surface area contributed by atoms with Crippen molar-refractivity contribution < 1.29 is 9.21 Å². The summed E-state index contributed by atoms with van der Waals surface area (Å²) in [7, 11) is 0. The molecular weight excluding hydrogens is 440 g/mol. The second-order valence-electron chi connectivity index (χ2n) is 7.57. The van der Waals surface area contributed by atoms with Gasteiger partial charge in [0.15, 0.2) is 0 Å². The third-order valence-electron chi connectivity index (χ3n) is 5.20. The molecule has 0 aliphatic heterocycles. The van der Waals surface area contributed by atoms with Crippen molar-refractivity contribution in [3.05, 3.63) is 99.9 Å². The summed E-state index contributed by atoms with van der Waals surface area (Å²) >= 11 is 7.87. The Morgan fingerprint density at radius 3 is 2.44 bits per heavy atom. The van der Waals surface area contributed by atoms with Crippen LogP contribution in [0.5, 0.6) is 0 Å². The number of carbonyl (C=O) groups excluding carboxylic acids is 1. The van der Waals surface area contributed by atoms with Gasteiger partial charge in [0.25, 0.3) is 5.91 Å². The first-order chi connectivity index (χ1) is 15.4. The van der Waals surface area contributed by atoms with Crippen molar-refractivity contribution in [2.75, 3.05) is 5.32 Å². The third-order valence-corrected chi connectivity index (χ3v) is 6.63. The number of anilines is 1. The summed E-state index contributed by atoms with van der Waals surface area (Å²) in [6, 6.07) is 21.1. The molecule has 0 bridgehead atoms. The molecule has 6 heteroatoms. The largest absolute Gasteiger partial charge is 0.441 e. The van der Waals surface area contributed by atoms with E-state index >= 15 is 0 Å². The van der Waals surface area contributed by atoms with Crippen molar-refractivity contribution in [2.24, 2.45) is 0 Å². The summed E-state index contributed by atoms with van der Waals surface area (Å²) in [4.78, 5) is 18.5. The minimum absolute atomic E-state index is 0.194. The Hall–Kier alpha value is -3.02. The number of halogens is 1. The highest BCUT2D eigenvalue weighted by Crippen LogP contribution is 2.28. The van der Waals surface area contributed by atoms with Crippen LogP contribution in [0.3, 0.4) is 0 Å². The first-order valence-electron chi connectivity index (χ1n) is 10.2. The van der Waals surface area contributed by atoms with Crippen molar-refractivity contribution in [3.63, 3.8) is 0 Å². The predicted molar refractivity (Wildman–Crippen MR) is 132 cm³/mol. The molecule has 0 saturated carbocycles. The molecule has 0 aliphatic rings. The minimum atomic E-state index is -0.194. The number of aryl methyl sites for hydroxylation is 2. The number of thioether (sulfide) groups is 1. The average molecular weight is 463 g/mol. The molecule has 0 saturated heterocycles. The van der Waals surface area contributed by atoms with Gasteiger partial charge in [-0.1, -0.05) is 35.4 Å². The first kappa shape index (κ1) is 22.2. The molecule has 4 rings (SSSR count). The van der Waals surface area contributed by atoms with Gasteiger partial charge in [-0.05, 0) is 74.9 Å². The molecule has 4 aromatic rings. The number of nitrogens with zero attached hydrogens (tertiary/aromatic N) is 1. The van der Waals surface area contributed by atoms with Crippen LogP contribution in [0.25, 0.3) is 11.5 Å². The number of carbonyl (C=O) groups is 1. The summed E-state index contributed by atoms with van der Waals surface area (Å²) < 4.78 is 5.89. The maximum atomic E-state index is 12.6. The summed E-state index contributed by atoms with van der Waals surface area (Å²) in [5.41, 5.74) is 5.08. The SMILES string of the molecule is Cc1ccc(SCc2nc(-c3ccc(C(=O)Nc4cccc(Cl)c4C)cc3)oc2C)cc1. The molecule has 1 heterocycles. The molecule has 0 atom stereocenters. The van der Waals surface area contributed by atoms with Crippen LogP contribution in [0.2, 0.25) is 5.02 Å². The number of rotatable bonds is 6. The number of hydrogen-bond acceptors (Lipinski definition) is 4. The molecule has 1 aromatic heterocycles. The van der Waals surface area contributed by atoms with Crippen LogP contribution in [-0.2, 0) is 5.75 Å². The summed E-state index contributed by atoms with van der Waals surface area (Å²) in [5.74, 6) is 1.90. The Balaban J connectivity index is 1.44. The fourth-order valence-corrected chi connectivity index (χ4v) is 4.25. The van der Waals surface area contributed by atoms with Gasteiger partial charge in [0.1, 0.15) is 5.76 Å². The highest BCUT2D eigenvalue weighted by atomic mass is 35.5. The van der Waals surface area contributed by atoms with Gasteiger partial charge in [-0.3, -0.25) is 4.79 Å². The summed E-state index contributed by atoms with van der Waals surface area (Å²) in [6.07, 6.45) is 0. The molecule has 0 fully saturated rings. The Bertz CT molecular complexity index is 1250. The molecule has 4 nitrogen and oxygen atoms in total. The zero-order valence-corrected chi connectivity index (χ0v) is 19.7. The molecule has 0 aliphatic carbocycles. The van der Waals surface area contributed by atoms with Crippen LogP contribution >= 0.6 is 23.4 Å². The molecule has 0 unspecified atom stereocenters. The van der Waals surface area contributed by atoms with Gasteiger partial charge in [0.2, 0.25) is 5.89 Å². The highest BCUT2D eigenvalue weighted by molar-refractivity contribution is 7.98. The second kappa shape index (κ2) is 9.63. The number of aromatic nitrogens is 1. The van der Waals surface area contributed by atoms with Gasteiger partial charge in [0, 0.05) is 32.5 Å². The zero-order chi connectivity index (χ0) is 22.7. The van der Waals surface area contributed by atoms with Crippen molar-refractivity contribution in [1.82, 2.24) is 4.98 Å². The van der Waals surface area contributed by atoms with E-state index in [0.717, 1.165) is 28.3 Å². The van der Waals surface area contributed by atoms with Gasteiger partial charge in [-0.25, -0.2) is 4.98 Å². The standard InChI is InChI=1S/C26H23ClN2O2S/c1-16-7-13-21(14-8-16)32-15-24-18(3)31-26(29-24)20-11-9-19(10-12-20)25(30)28-23-6-4-5-22(27)17(23)2/h4-14H,15H2,1-3H3,(H,28,30). The lowest BCUT2D eigenvalue weighted by atomic mass is 10.1. The van der Waals surface area contributed by atoms with Gasteiger partial charge in [0.05, 0.1) is 5.69 Å². The van der Waals surface area contributed by atoms with Crippen LogP contribution < -0.4 is 5.32 Å². The van der Waals surface area contributed by atoms with E-state index in [2.05, 4.69) is 41.5 Å². The average Bonchev–Trinajstić information content (AvgIpc) is 3.17. The van der Waals surface area contributed by atoms with Crippen LogP contribution in [0.4, 0.5) is 5.69 Å². The van der Waals surface area contributed by atoms with E-state index in [0.29, 0.717) is 22.2 Å². The maximum absolute atomic E-state index is 12.6. The van der Waals surface area contributed by atoms with Crippen LogP contribution in [0.1, 0.15) is 32.9 Å². The molecule has 1 N–H and O–H groups in total. The molecule has 0 spiro atoms. The number of hydrogen-bond donors (Lipinski definition) is 1. The van der Waals surface area contributed by atoms with Gasteiger partial charge in [-0.2, -0.15) is 0 Å². The monoisotopic (exact) mass is 462 g/mol. The van der Waals surface area contributed by atoms with E-state index in [4.69, 9.17) is 16.0 Å². The lowest BCUT2D eigenvalue weighted by molar-refractivity contribution is 0.102. The smallest absolute Gasteiger partial charge is 0.255 e. The summed E-state index contributed by atoms with van der Waals surface area (Å²) in [5, 5.41) is 3.53. The van der Waals surface area contributed by atoms with E-state index < -0.39 is 0 Å².